The van der Waals surface area contributed by atoms with Gasteiger partial charge in [-0.1, -0.05) is 90.9 Å². The van der Waals surface area contributed by atoms with Crippen LogP contribution in [0.4, 0.5) is 0 Å². The van der Waals surface area contributed by atoms with E-state index >= 15 is 0 Å². The molecule has 2 atom stereocenters. The van der Waals surface area contributed by atoms with Gasteiger partial charge in [-0.15, -0.1) is 0 Å². The molecule has 0 aromatic rings. The highest BCUT2D eigenvalue weighted by atomic mass is 16.5. The van der Waals surface area contributed by atoms with Gasteiger partial charge in [0.1, 0.15) is 0 Å². The molecule has 0 radical (unpaired) electrons. The Hall–Kier alpha value is -0.570. The van der Waals surface area contributed by atoms with Gasteiger partial charge in [-0.05, 0) is 38.6 Å². The first-order valence-corrected chi connectivity index (χ1v) is 11.5. The van der Waals surface area contributed by atoms with Gasteiger partial charge in [-0.25, -0.2) is 0 Å². The number of nitrogens with two attached hydrogens (primary N) is 1. The molecule has 26 heavy (non-hydrogen) atoms. The minimum Gasteiger partial charge on any atom is -0.466 e. The molecule has 0 saturated heterocycles. The maximum atomic E-state index is 12.2. The highest BCUT2D eigenvalue weighted by Crippen LogP contribution is 2.27. The molecule has 0 saturated carbocycles. The Bertz CT molecular complexity index is 307. The Balaban J connectivity index is 4.05. The minimum absolute atomic E-state index is 0.00488. The van der Waals surface area contributed by atoms with E-state index in [1.54, 1.807) is 0 Å². The standard InChI is InChI=1S/C23H47NO2/c1-4-6-7-8-12-15-18-22(21(3)23(25)26-5-2)19-16-13-10-9-11-14-17-20-24/h21-22H,4-20,24H2,1-3H3. The predicted octanol–water partition coefficient (Wildman–Crippen LogP) is 6.63. The lowest BCUT2D eigenvalue weighted by Gasteiger charge is -2.22. The molecule has 2 unspecified atom stereocenters. The van der Waals surface area contributed by atoms with Gasteiger partial charge in [-0.2, -0.15) is 0 Å². The molecule has 156 valence electrons. The summed E-state index contributed by atoms with van der Waals surface area (Å²) in [4.78, 5) is 12.2. The molecule has 0 spiro atoms. The molecular formula is C23H47NO2. The molecule has 0 aliphatic heterocycles. The smallest absolute Gasteiger partial charge is 0.308 e. The van der Waals surface area contributed by atoms with E-state index in [1.165, 1.54) is 89.9 Å². The molecule has 0 heterocycles. The van der Waals surface area contributed by atoms with Crippen LogP contribution >= 0.6 is 0 Å². The number of hydrogen-bond donors (Lipinski definition) is 1. The summed E-state index contributed by atoms with van der Waals surface area (Å²) in [6, 6.07) is 0. The van der Waals surface area contributed by atoms with Crippen LogP contribution in [0.3, 0.4) is 0 Å². The van der Waals surface area contributed by atoms with Crippen LogP contribution in [0.1, 0.15) is 117 Å². The summed E-state index contributed by atoms with van der Waals surface area (Å²) in [5.74, 6) is 0.554. The second-order valence-corrected chi connectivity index (χ2v) is 7.91. The van der Waals surface area contributed by atoms with Crippen LogP contribution in [0.15, 0.2) is 0 Å². The van der Waals surface area contributed by atoms with Crippen LogP contribution in [0.25, 0.3) is 0 Å². The van der Waals surface area contributed by atoms with E-state index in [9.17, 15) is 4.79 Å². The van der Waals surface area contributed by atoms with Crippen molar-refractivity contribution in [1.82, 2.24) is 0 Å². The van der Waals surface area contributed by atoms with E-state index in [4.69, 9.17) is 10.5 Å². The molecule has 3 nitrogen and oxygen atoms in total. The van der Waals surface area contributed by atoms with Crippen LogP contribution in [0, 0.1) is 11.8 Å². The summed E-state index contributed by atoms with van der Waals surface area (Å²) in [5.41, 5.74) is 5.53. The van der Waals surface area contributed by atoms with Crippen molar-refractivity contribution >= 4 is 5.97 Å². The number of carbonyl (C=O) groups excluding carboxylic acids is 1. The van der Waals surface area contributed by atoms with Crippen molar-refractivity contribution in [3.63, 3.8) is 0 Å². The Morgan fingerprint density at radius 3 is 1.69 bits per heavy atom. The second-order valence-electron chi connectivity index (χ2n) is 7.91. The summed E-state index contributed by atoms with van der Waals surface area (Å²) in [5, 5.41) is 0. The molecule has 0 fully saturated rings. The van der Waals surface area contributed by atoms with E-state index in [1.807, 2.05) is 6.92 Å². The lowest BCUT2D eigenvalue weighted by Crippen LogP contribution is -2.23. The molecule has 2 N–H and O–H groups in total. The Kier molecular flexibility index (Phi) is 18.8. The van der Waals surface area contributed by atoms with Gasteiger partial charge in [0, 0.05) is 0 Å². The number of hydrogen-bond acceptors (Lipinski definition) is 3. The van der Waals surface area contributed by atoms with Gasteiger partial charge in [0.2, 0.25) is 0 Å². The number of unbranched alkanes of at least 4 members (excludes halogenated alkanes) is 11. The quantitative estimate of drug-likeness (QED) is 0.205. The van der Waals surface area contributed by atoms with Crippen molar-refractivity contribution in [3.05, 3.63) is 0 Å². The topological polar surface area (TPSA) is 52.3 Å². The highest BCUT2D eigenvalue weighted by molar-refractivity contribution is 5.72. The van der Waals surface area contributed by atoms with Crippen molar-refractivity contribution in [2.45, 2.75) is 117 Å². The second kappa shape index (κ2) is 19.2. The zero-order valence-corrected chi connectivity index (χ0v) is 18.1. The van der Waals surface area contributed by atoms with Crippen LogP contribution < -0.4 is 5.73 Å². The average Bonchev–Trinajstić information content (AvgIpc) is 2.64. The van der Waals surface area contributed by atoms with Crippen molar-refractivity contribution in [2.24, 2.45) is 17.6 Å². The molecule has 0 aliphatic rings. The van der Waals surface area contributed by atoms with Crippen LogP contribution in [-0.2, 0) is 9.53 Å². The lowest BCUT2D eigenvalue weighted by molar-refractivity contribution is -0.149. The third kappa shape index (κ3) is 14.6. The van der Waals surface area contributed by atoms with Gasteiger partial charge in [0.25, 0.3) is 0 Å². The van der Waals surface area contributed by atoms with Crippen molar-refractivity contribution < 1.29 is 9.53 Å². The fraction of sp³-hybridized carbons (Fsp3) is 0.957. The summed E-state index contributed by atoms with van der Waals surface area (Å²) < 4.78 is 5.28. The van der Waals surface area contributed by atoms with Crippen LogP contribution in [0.2, 0.25) is 0 Å². The van der Waals surface area contributed by atoms with Crippen molar-refractivity contribution in [3.8, 4) is 0 Å². The third-order valence-corrected chi connectivity index (χ3v) is 5.57. The molecule has 0 aromatic carbocycles. The summed E-state index contributed by atoms with van der Waals surface area (Å²) in [6.45, 7) is 7.56. The molecular weight excluding hydrogens is 322 g/mol. The molecule has 0 bridgehead atoms. The van der Waals surface area contributed by atoms with Crippen LogP contribution in [-0.4, -0.2) is 19.1 Å². The SMILES string of the molecule is CCCCCCCCC(CCCCCCCCCN)C(C)C(=O)OCC. The van der Waals surface area contributed by atoms with E-state index in [0.717, 1.165) is 13.0 Å². The minimum atomic E-state index is 0.00488. The zero-order valence-electron chi connectivity index (χ0n) is 18.1. The van der Waals surface area contributed by atoms with E-state index in [0.29, 0.717) is 12.5 Å². The summed E-state index contributed by atoms with van der Waals surface area (Å²) >= 11 is 0. The van der Waals surface area contributed by atoms with E-state index in [-0.39, 0.29) is 11.9 Å². The van der Waals surface area contributed by atoms with E-state index in [2.05, 4.69) is 13.8 Å². The average molecular weight is 370 g/mol. The lowest BCUT2D eigenvalue weighted by atomic mass is 9.84. The summed E-state index contributed by atoms with van der Waals surface area (Å²) in [6.07, 6.45) is 19.2. The normalized spacial score (nSPS) is 13.5. The number of carbonyl (C=O) groups is 1. The monoisotopic (exact) mass is 369 g/mol. The summed E-state index contributed by atoms with van der Waals surface area (Å²) in [7, 11) is 0. The Morgan fingerprint density at radius 1 is 0.769 bits per heavy atom. The highest BCUT2D eigenvalue weighted by Gasteiger charge is 2.24. The van der Waals surface area contributed by atoms with Gasteiger partial charge in [-0.3, -0.25) is 4.79 Å². The molecule has 0 amide bonds. The molecule has 0 aliphatic carbocycles. The first kappa shape index (κ1) is 25.4. The first-order chi connectivity index (χ1) is 12.7. The van der Waals surface area contributed by atoms with Crippen molar-refractivity contribution in [1.29, 1.82) is 0 Å². The van der Waals surface area contributed by atoms with E-state index < -0.39 is 0 Å². The molecule has 0 aromatic heterocycles. The Labute approximate surface area is 163 Å². The fourth-order valence-corrected chi connectivity index (χ4v) is 3.73. The number of ether oxygens (including phenoxy) is 1. The third-order valence-electron chi connectivity index (χ3n) is 5.57. The molecule has 0 rings (SSSR count). The van der Waals surface area contributed by atoms with Gasteiger partial charge < -0.3 is 10.5 Å². The number of rotatable bonds is 19. The number of esters is 1. The van der Waals surface area contributed by atoms with Gasteiger partial charge in [0.15, 0.2) is 0 Å². The Morgan fingerprint density at radius 2 is 1.23 bits per heavy atom. The first-order valence-electron chi connectivity index (χ1n) is 11.5. The zero-order chi connectivity index (χ0) is 19.5. The fourth-order valence-electron chi connectivity index (χ4n) is 3.73. The van der Waals surface area contributed by atoms with Crippen molar-refractivity contribution in [2.75, 3.05) is 13.2 Å². The molecule has 3 heteroatoms. The van der Waals surface area contributed by atoms with Gasteiger partial charge >= 0.3 is 5.97 Å². The predicted molar refractivity (Wildman–Crippen MR) is 113 cm³/mol. The largest absolute Gasteiger partial charge is 0.466 e. The maximum absolute atomic E-state index is 12.2. The van der Waals surface area contributed by atoms with Gasteiger partial charge in [0.05, 0.1) is 12.5 Å². The van der Waals surface area contributed by atoms with Crippen LogP contribution in [0.5, 0.6) is 0 Å². The maximum Gasteiger partial charge on any atom is 0.308 e.